The predicted octanol–water partition coefficient (Wildman–Crippen LogP) is 3.05. The highest BCUT2D eigenvalue weighted by molar-refractivity contribution is 6.32. The summed E-state index contributed by atoms with van der Waals surface area (Å²) in [6, 6.07) is 2.33. The van der Waals surface area contributed by atoms with Crippen LogP contribution in [0, 0.1) is 17.0 Å². The molecule has 2 aromatic rings. The van der Waals surface area contributed by atoms with Gasteiger partial charge in [-0.05, 0) is 18.6 Å². The van der Waals surface area contributed by atoms with Gasteiger partial charge < -0.3 is 10.2 Å². The van der Waals surface area contributed by atoms with Gasteiger partial charge in [0, 0.05) is 44.7 Å². The second-order valence-corrected chi connectivity index (χ2v) is 5.58. The Morgan fingerprint density at radius 3 is 2.79 bits per heavy atom. The zero-order valence-corrected chi connectivity index (χ0v) is 13.9. The molecule has 1 N–H and O–H groups in total. The molecule has 9 heteroatoms. The number of nitrogens with zero attached hydrogens (tertiary/aromatic N) is 4. The first kappa shape index (κ1) is 17.6. The van der Waals surface area contributed by atoms with Crippen molar-refractivity contribution in [1.29, 1.82) is 0 Å². The van der Waals surface area contributed by atoms with Gasteiger partial charge in [-0.3, -0.25) is 20.1 Å². The van der Waals surface area contributed by atoms with Crippen LogP contribution < -0.4 is 5.32 Å². The normalized spacial score (nSPS) is 10.3. The van der Waals surface area contributed by atoms with Crippen molar-refractivity contribution >= 4 is 29.0 Å². The van der Waals surface area contributed by atoms with Crippen LogP contribution in [0.1, 0.15) is 11.3 Å². The van der Waals surface area contributed by atoms with E-state index in [1.165, 1.54) is 17.0 Å². The minimum atomic E-state index is -0.588. The van der Waals surface area contributed by atoms with E-state index in [4.69, 9.17) is 11.6 Å². The third kappa shape index (κ3) is 4.39. The third-order valence-electron chi connectivity index (χ3n) is 3.40. The number of nitro groups is 1. The fourth-order valence-corrected chi connectivity index (χ4v) is 2.28. The van der Waals surface area contributed by atoms with Gasteiger partial charge in [0.2, 0.25) is 0 Å². The number of nitro benzene ring substituents is 1. The average molecular weight is 350 g/mol. The standard InChI is InChI=1S/C15H16ClN5O3/c1-10-7-12(16)14(21(23)24)8-13(10)19-15(22)20(2)6-3-11-9-17-4-5-18-11/h4-5,7-9H,3,6H2,1-2H3,(H,19,22). The molecule has 0 bridgehead atoms. The summed E-state index contributed by atoms with van der Waals surface area (Å²) >= 11 is 5.84. The number of amides is 2. The first-order valence-corrected chi connectivity index (χ1v) is 7.48. The van der Waals surface area contributed by atoms with Crippen molar-refractivity contribution in [2.75, 3.05) is 18.9 Å². The van der Waals surface area contributed by atoms with E-state index in [2.05, 4.69) is 15.3 Å². The molecule has 0 spiro atoms. The van der Waals surface area contributed by atoms with Crippen LogP contribution in [-0.2, 0) is 6.42 Å². The van der Waals surface area contributed by atoms with Crippen LogP contribution in [0.4, 0.5) is 16.2 Å². The summed E-state index contributed by atoms with van der Waals surface area (Å²) in [5.74, 6) is 0. The molecule has 0 fully saturated rings. The van der Waals surface area contributed by atoms with Crippen molar-refractivity contribution in [2.45, 2.75) is 13.3 Å². The molecular formula is C15H16ClN5O3. The second-order valence-electron chi connectivity index (χ2n) is 5.17. The third-order valence-corrected chi connectivity index (χ3v) is 3.70. The molecule has 8 nitrogen and oxygen atoms in total. The van der Waals surface area contributed by atoms with Crippen LogP contribution in [0.3, 0.4) is 0 Å². The fourth-order valence-electron chi connectivity index (χ4n) is 1.99. The Bertz CT molecular complexity index is 754. The SMILES string of the molecule is Cc1cc(Cl)c([N+](=O)[O-])cc1NC(=O)N(C)CCc1cnccn1. The van der Waals surface area contributed by atoms with Crippen molar-refractivity contribution < 1.29 is 9.72 Å². The molecule has 2 rings (SSSR count). The molecule has 0 atom stereocenters. The average Bonchev–Trinajstić information content (AvgIpc) is 2.55. The first-order chi connectivity index (χ1) is 11.4. The number of benzene rings is 1. The maximum atomic E-state index is 12.2. The number of hydrogen-bond donors (Lipinski definition) is 1. The van der Waals surface area contributed by atoms with Crippen LogP contribution in [0.2, 0.25) is 5.02 Å². The molecule has 1 aromatic carbocycles. The Morgan fingerprint density at radius 1 is 1.42 bits per heavy atom. The number of aromatic nitrogens is 2. The molecule has 0 aliphatic rings. The number of anilines is 1. The number of likely N-dealkylation sites (N-methyl/N-ethyl adjacent to an activating group) is 1. The maximum absolute atomic E-state index is 12.2. The van der Waals surface area contributed by atoms with Gasteiger partial charge in [0.15, 0.2) is 0 Å². The van der Waals surface area contributed by atoms with E-state index in [1.807, 2.05) is 0 Å². The van der Waals surface area contributed by atoms with Crippen molar-refractivity contribution in [3.63, 3.8) is 0 Å². The van der Waals surface area contributed by atoms with Crippen LogP contribution in [0.5, 0.6) is 0 Å². The van der Waals surface area contributed by atoms with Gasteiger partial charge in [-0.15, -0.1) is 0 Å². The van der Waals surface area contributed by atoms with Crippen molar-refractivity contribution in [3.05, 3.63) is 57.1 Å². The van der Waals surface area contributed by atoms with Crippen molar-refractivity contribution in [2.24, 2.45) is 0 Å². The van der Waals surface area contributed by atoms with E-state index in [9.17, 15) is 14.9 Å². The predicted molar refractivity (Wildman–Crippen MR) is 90.2 cm³/mol. The number of carbonyl (C=O) groups is 1. The largest absolute Gasteiger partial charge is 0.327 e. The number of carbonyl (C=O) groups excluding carboxylic acids is 1. The van der Waals surface area contributed by atoms with Crippen LogP contribution in [0.15, 0.2) is 30.7 Å². The van der Waals surface area contributed by atoms with E-state index in [1.54, 1.807) is 32.6 Å². The van der Waals surface area contributed by atoms with E-state index < -0.39 is 4.92 Å². The van der Waals surface area contributed by atoms with Gasteiger partial charge in [-0.1, -0.05) is 11.6 Å². The lowest BCUT2D eigenvalue weighted by atomic mass is 10.2. The fraction of sp³-hybridized carbons (Fsp3) is 0.267. The van der Waals surface area contributed by atoms with Gasteiger partial charge in [0.25, 0.3) is 5.69 Å². The van der Waals surface area contributed by atoms with E-state index in [0.717, 1.165) is 5.69 Å². The van der Waals surface area contributed by atoms with Gasteiger partial charge in [0.05, 0.1) is 16.3 Å². The number of nitrogens with one attached hydrogen (secondary N) is 1. The highest BCUT2D eigenvalue weighted by Crippen LogP contribution is 2.30. The summed E-state index contributed by atoms with van der Waals surface area (Å²) in [6.07, 6.45) is 5.36. The lowest BCUT2D eigenvalue weighted by molar-refractivity contribution is -0.384. The summed E-state index contributed by atoms with van der Waals surface area (Å²) in [7, 11) is 1.63. The molecule has 0 aliphatic carbocycles. The van der Waals surface area contributed by atoms with Crippen LogP contribution in [-0.4, -0.2) is 39.4 Å². The monoisotopic (exact) mass is 349 g/mol. The smallest absolute Gasteiger partial charge is 0.321 e. The Labute approximate surface area is 143 Å². The summed E-state index contributed by atoms with van der Waals surface area (Å²) in [5.41, 5.74) is 1.51. The van der Waals surface area contributed by atoms with Crippen molar-refractivity contribution in [1.82, 2.24) is 14.9 Å². The number of halogens is 1. The lowest BCUT2D eigenvalue weighted by Crippen LogP contribution is -2.33. The number of hydrogen-bond acceptors (Lipinski definition) is 5. The summed E-state index contributed by atoms with van der Waals surface area (Å²) in [6.45, 7) is 2.14. The molecule has 0 radical (unpaired) electrons. The molecule has 0 aliphatic heterocycles. The minimum Gasteiger partial charge on any atom is -0.327 e. The number of rotatable bonds is 5. The zero-order valence-electron chi connectivity index (χ0n) is 13.2. The summed E-state index contributed by atoms with van der Waals surface area (Å²) in [5, 5.41) is 13.6. The number of aryl methyl sites for hydroxylation is 1. The Hall–Kier alpha value is -2.74. The second kappa shape index (κ2) is 7.69. The molecule has 1 aromatic heterocycles. The van der Waals surface area contributed by atoms with Gasteiger partial charge in [-0.2, -0.15) is 0 Å². The van der Waals surface area contributed by atoms with Gasteiger partial charge >= 0.3 is 6.03 Å². The zero-order chi connectivity index (χ0) is 17.7. The molecule has 0 saturated heterocycles. The van der Waals surface area contributed by atoms with Crippen molar-refractivity contribution in [3.8, 4) is 0 Å². The Kier molecular flexibility index (Phi) is 5.64. The quantitative estimate of drug-likeness (QED) is 0.660. The molecule has 24 heavy (non-hydrogen) atoms. The summed E-state index contributed by atoms with van der Waals surface area (Å²) < 4.78 is 0. The van der Waals surface area contributed by atoms with Gasteiger partial charge in [0.1, 0.15) is 5.02 Å². The molecule has 1 heterocycles. The van der Waals surface area contributed by atoms with Crippen LogP contribution in [0.25, 0.3) is 0 Å². The van der Waals surface area contributed by atoms with E-state index >= 15 is 0 Å². The molecule has 126 valence electrons. The lowest BCUT2D eigenvalue weighted by Gasteiger charge is -2.18. The Balaban J connectivity index is 2.03. The van der Waals surface area contributed by atoms with Crippen LogP contribution >= 0.6 is 11.6 Å². The first-order valence-electron chi connectivity index (χ1n) is 7.10. The molecule has 0 unspecified atom stereocenters. The highest BCUT2D eigenvalue weighted by Gasteiger charge is 2.17. The maximum Gasteiger partial charge on any atom is 0.321 e. The topological polar surface area (TPSA) is 101 Å². The molecule has 2 amide bonds. The number of urea groups is 1. The van der Waals surface area contributed by atoms with E-state index in [0.29, 0.717) is 24.2 Å². The summed E-state index contributed by atoms with van der Waals surface area (Å²) in [4.78, 5) is 32.2. The Morgan fingerprint density at radius 2 is 2.17 bits per heavy atom. The highest BCUT2D eigenvalue weighted by atomic mass is 35.5. The molecular weight excluding hydrogens is 334 g/mol. The van der Waals surface area contributed by atoms with E-state index in [-0.39, 0.29) is 16.7 Å². The van der Waals surface area contributed by atoms with Gasteiger partial charge in [-0.25, -0.2) is 4.79 Å². The molecule has 0 saturated carbocycles. The minimum absolute atomic E-state index is 0.0338.